The van der Waals surface area contributed by atoms with Gasteiger partial charge in [0.25, 0.3) is 0 Å². The zero-order chi connectivity index (χ0) is 37.0. The number of para-hydroxylation sites is 2. The van der Waals surface area contributed by atoms with E-state index >= 15 is 0 Å². The van der Waals surface area contributed by atoms with Crippen LogP contribution in [0.3, 0.4) is 0 Å². The molecule has 0 saturated carbocycles. The molecular formula is C52H32N2OS. The molecule has 0 aliphatic carbocycles. The van der Waals surface area contributed by atoms with Crippen molar-refractivity contribution in [1.29, 1.82) is 0 Å². The number of rotatable bonds is 6. The topological polar surface area (TPSA) is 38.9 Å². The number of benzene rings is 8. The van der Waals surface area contributed by atoms with Crippen LogP contribution >= 0.6 is 11.3 Å². The molecule has 0 radical (unpaired) electrons. The van der Waals surface area contributed by atoms with E-state index < -0.39 is 0 Å². The number of fused-ring (bicyclic) bond motifs is 6. The molecule has 0 fully saturated rings. The molecule has 8 aromatic carbocycles. The first-order chi connectivity index (χ1) is 27.7. The quantitative estimate of drug-likeness (QED) is 0.171. The van der Waals surface area contributed by atoms with Crippen molar-refractivity contribution in [2.75, 3.05) is 0 Å². The molecule has 0 amide bonds. The average Bonchev–Trinajstić information content (AvgIpc) is 3.85. The van der Waals surface area contributed by atoms with Gasteiger partial charge in [0, 0.05) is 53.2 Å². The summed E-state index contributed by atoms with van der Waals surface area (Å²) in [4.78, 5) is 10.6. The summed E-state index contributed by atoms with van der Waals surface area (Å²) in [5.41, 5.74) is 13.1. The fourth-order valence-electron chi connectivity index (χ4n) is 8.00. The maximum absolute atomic E-state index is 6.54. The summed E-state index contributed by atoms with van der Waals surface area (Å²) >= 11 is 1.84. The Hall–Kier alpha value is -7.14. The first kappa shape index (κ1) is 32.3. The third-order valence-electron chi connectivity index (χ3n) is 10.7. The van der Waals surface area contributed by atoms with E-state index in [1.54, 1.807) is 0 Å². The standard InChI is InChI=1S/C52H32N2OS/c1-3-14-33(15-4-1)36-28-37(35-26-27-50-45(31-35)42-21-10-12-25-49(42)56-50)30-38(29-36)46-32-47(54-52(53-46)34-16-5-2-6-17-34)40-19-8-7-18-39(40)43-22-13-23-44-41-20-9-11-24-48(41)55-51(43)44/h1-32H. The minimum absolute atomic E-state index is 0.674. The number of hydrogen-bond donors (Lipinski definition) is 0. The van der Waals surface area contributed by atoms with Crippen molar-refractivity contribution in [1.82, 2.24) is 9.97 Å². The average molecular weight is 733 g/mol. The van der Waals surface area contributed by atoms with Crippen molar-refractivity contribution in [3.05, 3.63) is 194 Å². The molecule has 0 saturated heterocycles. The molecule has 0 atom stereocenters. The fourth-order valence-corrected chi connectivity index (χ4v) is 9.08. The van der Waals surface area contributed by atoms with Crippen LogP contribution in [-0.4, -0.2) is 9.97 Å². The lowest BCUT2D eigenvalue weighted by Crippen LogP contribution is -1.97. The van der Waals surface area contributed by atoms with Crippen LogP contribution in [0.5, 0.6) is 0 Å². The minimum Gasteiger partial charge on any atom is -0.455 e. The van der Waals surface area contributed by atoms with Gasteiger partial charge in [-0.15, -0.1) is 11.3 Å². The van der Waals surface area contributed by atoms with Crippen molar-refractivity contribution < 1.29 is 4.42 Å². The molecule has 56 heavy (non-hydrogen) atoms. The summed E-state index contributed by atoms with van der Waals surface area (Å²) in [5.74, 6) is 0.674. The lowest BCUT2D eigenvalue weighted by atomic mass is 9.93. The summed E-state index contributed by atoms with van der Waals surface area (Å²) in [6, 6.07) is 68.5. The maximum atomic E-state index is 6.54. The molecule has 262 valence electrons. The largest absolute Gasteiger partial charge is 0.455 e. The Kier molecular flexibility index (Phi) is 7.68. The third-order valence-corrected chi connectivity index (χ3v) is 11.9. The van der Waals surface area contributed by atoms with E-state index in [1.165, 1.54) is 25.7 Å². The Labute approximate surface area is 327 Å². The Morgan fingerprint density at radius 1 is 0.339 bits per heavy atom. The van der Waals surface area contributed by atoms with Crippen LogP contribution in [0.4, 0.5) is 0 Å². The zero-order valence-electron chi connectivity index (χ0n) is 30.2. The Morgan fingerprint density at radius 3 is 1.79 bits per heavy atom. The van der Waals surface area contributed by atoms with Crippen molar-refractivity contribution in [3.8, 4) is 67.3 Å². The predicted octanol–water partition coefficient (Wildman–Crippen LogP) is 14.7. The Bertz CT molecular complexity index is 3250. The summed E-state index contributed by atoms with van der Waals surface area (Å²) in [6.07, 6.45) is 0. The summed E-state index contributed by atoms with van der Waals surface area (Å²) in [5, 5.41) is 4.78. The predicted molar refractivity (Wildman–Crippen MR) is 235 cm³/mol. The maximum Gasteiger partial charge on any atom is 0.160 e. The molecule has 0 aliphatic rings. The lowest BCUT2D eigenvalue weighted by Gasteiger charge is -2.15. The van der Waals surface area contributed by atoms with Crippen LogP contribution in [0.15, 0.2) is 199 Å². The van der Waals surface area contributed by atoms with E-state index in [9.17, 15) is 0 Å². The molecule has 0 spiro atoms. The number of furan rings is 1. The van der Waals surface area contributed by atoms with Crippen molar-refractivity contribution in [2.45, 2.75) is 0 Å². The molecular weight excluding hydrogens is 701 g/mol. The third kappa shape index (κ3) is 5.58. The van der Waals surface area contributed by atoms with Gasteiger partial charge in [-0.25, -0.2) is 9.97 Å². The molecule has 0 N–H and O–H groups in total. The first-order valence-electron chi connectivity index (χ1n) is 18.8. The summed E-state index contributed by atoms with van der Waals surface area (Å²) in [6.45, 7) is 0. The van der Waals surface area contributed by atoms with E-state index in [4.69, 9.17) is 14.4 Å². The van der Waals surface area contributed by atoms with Crippen LogP contribution in [0.1, 0.15) is 0 Å². The van der Waals surface area contributed by atoms with Crippen LogP contribution < -0.4 is 0 Å². The Morgan fingerprint density at radius 2 is 0.946 bits per heavy atom. The second kappa shape index (κ2) is 13.3. The van der Waals surface area contributed by atoms with Crippen LogP contribution in [0, 0.1) is 0 Å². The van der Waals surface area contributed by atoms with Gasteiger partial charge in [0.15, 0.2) is 5.82 Å². The molecule has 0 aliphatic heterocycles. The van der Waals surface area contributed by atoms with Crippen molar-refractivity contribution in [2.24, 2.45) is 0 Å². The SMILES string of the molecule is c1ccc(-c2cc(-c3ccc4sc5ccccc5c4c3)cc(-c3cc(-c4ccccc4-c4cccc5c4oc4ccccc45)nc(-c4ccccc4)n3)c2)cc1. The van der Waals surface area contributed by atoms with E-state index in [0.717, 1.165) is 77.8 Å². The van der Waals surface area contributed by atoms with Gasteiger partial charge >= 0.3 is 0 Å². The molecule has 4 heteroatoms. The monoisotopic (exact) mass is 732 g/mol. The first-order valence-corrected chi connectivity index (χ1v) is 19.6. The van der Waals surface area contributed by atoms with E-state index in [0.29, 0.717) is 5.82 Å². The van der Waals surface area contributed by atoms with Crippen molar-refractivity contribution >= 4 is 53.4 Å². The van der Waals surface area contributed by atoms with Crippen molar-refractivity contribution in [3.63, 3.8) is 0 Å². The second-order valence-corrected chi connectivity index (χ2v) is 15.2. The molecule has 11 rings (SSSR count). The molecule has 0 bridgehead atoms. The van der Waals surface area contributed by atoms with Gasteiger partial charge in [-0.3, -0.25) is 0 Å². The smallest absolute Gasteiger partial charge is 0.160 e. The van der Waals surface area contributed by atoms with Gasteiger partial charge in [-0.05, 0) is 76.3 Å². The lowest BCUT2D eigenvalue weighted by molar-refractivity contribution is 0.670. The van der Waals surface area contributed by atoms with Crippen LogP contribution in [-0.2, 0) is 0 Å². The second-order valence-electron chi connectivity index (χ2n) is 14.1. The van der Waals surface area contributed by atoms with Gasteiger partial charge in [0.05, 0.1) is 11.4 Å². The van der Waals surface area contributed by atoms with Crippen LogP contribution in [0.2, 0.25) is 0 Å². The number of nitrogens with zero attached hydrogens (tertiary/aromatic N) is 2. The number of hydrogen-bond acceptors (Lipinski definition) is 4. The minimum atomic E-state index is 0.674. The molecule has 3 heterocycles. The highest BCUT2D eigenvalue weighted by molar-refractivity contribution is 7.25. The highest BCUT2D eigenvalue weighted by Gasteiger charge is 2.19. The number of thiophene rings is 1. The van der Waals surface area contributed by atoms with Gasteiger partial charge in [-0.1, -0.05) is 146 Å². The Balaban J connectivity index is 1.13. The van der Waals surface area contributed by atoms with E-state index in [-0.39, 0.29) is 0 Å². The zero-order valence-corrected chi connectivity index (χ0v) is 31.0. The highest BCUT2D eigenvalue weighted by Crippen LogP contribution is 2.42. The van der Waals surface area contributed by atoms with Gasteiger partial charge in [-0.2, -0.15) is 0 Å². The van der Waals surface area contributed by atoms with E-state index in [2.05, 4.69) is 164 Å². The fraction of sp³-hybridized carbons (Fsp3) is 0. The molecule has 3 nitrogen and oxygen atoms in total. The van der Waals surface area contributed by atoms with E-state index in [1.807, 2.05) is 41.7 Å². The van der Waals surface area contributed by atoms with Gasteiger partial charge in [0.2, 0.25) is 0 Å². The normalized spacial score (nSPS) is 11.6. The summed E-state index contributed by atoms with van der Waals surface area (Å²) in [7, 11) is 0. The van der Waals surface area contributed by atoms with Crippen LogP contribution in [0.25, 0.3) is 109 Å². The highest BCUT2D eigenvalue weighted by atomic mass is 32.1. The number of aromatic nitrogens is 2. The van der Waals surface area contributed by atoms with Gasteiger partial charge in [0.1, 0.15) is 11.2 Å². The molecule has 11 aromatic rings. The molecule has 0 unspecified atom stereocenters. The summed E-state index contributed by atoms with van der Waals surface area (Å²) < 4.78 is 9.13. The molecule has 3 aromatic heterocycles. The van der Waals surface area contributed by atoms with Gasteiger partial charge < -0.3 is 4.42 Å².